The maximum Gasteiger partial charge on any atom is 0.304 e. The van der Waals surface area contributed by atoms with E-state index < -0.39 is 20.6 Å². The number of aliphatic carboxylic acids is 1. The van der Waals surface area contributed by atoms with Crippen molar-refractivity contribution < 1.29 is 18.3 Å². The van der Waals surface area contributed by atoms with Gasteiger partial charge in [0.15, 0.2) is 9.84 Å². The highest BCUT2D eigenvalue weighted by Gasteiger charge is 2.42. The van der Waals surface area contributed by atoms with E-state index in [0.717, 1.165) is 19.3 Å². The first kappa shape index (κ1) is 13.5. The Morgan fingerprint density at radius 3 is 2.19 bits per heavy atom. The summed E-state index contributed by atoms with van der Waals surface area (Å²) in [7, 11) is -3.34. The predicted molar refractivity (Wildman–Crippen MR) is 62.1 cm³/mol. The third kappa shape index (κ3) is 2.75. The van der Waals surface area contributed by atoms with Crippen LogP contribution in [-0.4, -0.2) is 29.5 Å². The molecular weight excluding hydrogens is 228 g/mol. The van der Waals surface area contributed by atoms with Gasteiger partial charge in [-0.25, -0.2) is 8.42 Å². The third-order valence-corrected chi connectivity index (χ3v) is 6.37. The Morgan fingerprint density at radius 2 is 1.75 bits per heavy atom. The van der Waals surface area contributed by atoms with Crippen LogP contribution in [0.5, 0.6) is 0 Å². The lowest BCUT2D eigenvalue weighted by Gasteiger charge is -2.31. The number of sulfone groups is 1. The molecule has 1 N–H and O–H groups in total. The van der Waals surface area contributed by atoms with E-state index in [2.05, 4.69) is 0 Å². The molecule has 4 nitrogen and oxygen atoms in total. The standard InChI is InChI=1S/C11H20O4S/c1-11(2,8-10(12)13)16(14,15)9-6-4-3-5-7-9/h9H,3-8H2,1-2H3,(H,12,13). The van der Waals surface area contributed by atoms with Crippen LogP contribution in [0.25, 0.3) is 0 Å². The zero-order valence-electron chi connectivity index (χ0n) is 9.90. The van der Waals surface area contributed by atoms with Crippen molar-refractivity contribution in [2.45, 2.75) is 62.4 Å². The van der Waals surface area contributed by atoms with Gasteiger partial charge in [-0.15, -0.1) is 0 Å². The average Bonchev–Trinajstić information content (AvgIpc) is 2.17. The summed E-state index contributed by atoms with van der Waals surface area (Å²) in [6, 6.07) is 0. The summed E-state index contributed by atoms with van der Waals surface area (Å²) in [5.41, 5.74) is 0. The molecule has 0 bridgehead atoms. The molecule has 5 heteroatoms. The first-order valence-electron chi connectivity index (χ1n) is 5.72. The quantitative estimate of drug-likeness (QED) is 0.825. The second kappa shape index (κ2) is 4.73. The second-order valence-corrected chi connectivity index (χ2v) is 8.00. The fraction of sp³-hybridized carbons (Fsp3) is 0.909. The topological polar surface area (TPSA) is 71.4 Å². The normalized spacial score (nSPS) is 19.6. The summed E-state index contributed by atoms with van der Waals surface area (Å²) < 4.78 is 23.4. The van der Waals surface area contributed by atoms with Crippen molar-refractivity contribution in [3.05, 3.63) is 0 Å². The van der Waals surface area contributed by atoms with Gasteiger partial charge in [0.05, 0.1) is 16.4 Å². The van der Waals surface area contributed by atoms with Crippen molar-refractivity contribution in [2.24, 2.45) is 0 Å². The number of hydrogen-bond donors (Lipinski definition) is 1. The fourth-order valence-electron chi connectivity index (χ4n) is 2.29. The number of hydrogen-bond acceptors (Lipinski definition) is 3. The van der Waals surface area contributed by atoms with Gasteiger partial charge in [-0.1, -0.05) is 19.3 Å². The van der Waals surface area contributed by atoms with Gasteiger partial charge in [-0.3, -0.25) is 4.79 Å². The first-order valence-corrected chi connectivity index (χ1v) is 7.27. The van der Waals surface area contributed by atoms with Gasteiger partial charge in [0, 0.05) is 0 Å². The molecule has 0 unspecified atom stereocenters. The zero-order valence-corrected chi connectivity index (χ0v) is 10.7. The SMILES string of the molecule is CC(C)(CC(=O)O)S(=O)(=O)C1CCCCC1. The van der Waals surface area contributed by atoms with Crippen molar-refractivity contribution in [1.29, 1.82) is 0 Å². The van der Waals surface area contributed by atoms with E-state index in [1.807, 2.05) is 0 Å². The summed E-state index contributed by atoms with van der Waals surface area (Å²) in [5.74, 6) is -1.05. The van der Waals surface area contributed by atoms with Crippen LogP contribution in [0.4, 0.5) is 0 Å². The van der Waals surface area contributed by atoms with Crippen LogP contribution in [0.1, 0.15) is 52.4 Å². The van der Waals surface area contributed by atoms with Crippen molar-refractivity contribution in [3.63, 3.8) is 0 Å². The Balaban J connectivity index is 2.86. The minimum atomic E-state index is -3.34. The predicted octanol–water partition coefficient (Wildman–Crippen LogP) is 1.99. The van der Waals surface area contributed by atoms with Crippen LogP contribution < -0.4 is 0 Å². The Hall–Kier alpha value is -0.580. The molecule has 1 rings (SSSR count). The molecule has 0 spiro atoms. The fourth-order valence-corrected chi connectivity index (χ4v) is 4.47. The third-order valence-electron chi connectivity index (χ3n) is 3.34. The molecule has 0 amide bonds. The van der Waals surface area contributed by atoms with Crippen molar-refractivity contribution >= 4 is 15.8 Å². The molecule has 0 aromatic carbocycles. The maximum absolute atomic E-state index is 12.3. The molecule has 0 atom stereocenters. The van der Waals surface area contributed by atoms with Gasteiger partial charge in [0.2, 0.25) is 0 Å². The van der Waals surface area contributed by atoms with E-state index in [-0.39, 0.29) is 11.7 Å². The lowest BCUT2D eigenvalue weighted by atomic mass is 10.0. The van der Waals surface area contributed by atoms with Crippen LogP contribution in [0, 0.1) is 0 Å². The van der Waals surface area contributed by atoms with Crippen molar-refractivity contribution in [1.82, 2.24) is 0 Å². The molecule has 1 saturated carbocycles. The molecule has 0 aromatic heterocycles. The van der Waals surface area contributed by atoms with Gasteiger partial charge in [0.1, 0.15) is 0 Å². The lowest BCUT2D eigenvalue weighted by molar-refractivity contribution is -0.137. The summed E-state index contributed by atoms with van der Waals surface area (Å²) in [4.78, 5) is 10.7. The van der Waals surface area contributed by atoms with Crippen LogP contribution in [0.2, 0.25) is 0 Å². The van der Waals surface area contributed by atoms with E-state index in [4.69, 9.17) is 5.11 Å². The molecular formula is C11H20O4S. The van der Waals surface area contributed by atoms with Gasteiger partial charge < -0.3 is 5.11 Å². The Kier molecular flexibility index (Phi) is 3.99. The number of carboxylic acids is 1. The van der Waals surface area contributed by atoms with E-state index >= 15 is 0 Å². The van der Waals surface area contributed by atoms with Crippen LogP contribution >= 0.6 is 0 Å². The molecule has 0 aromatic rings. The average molecular weight is 248 g/mol. The minimum Gasteiger partial charge on any atom is -0.481 e. The van der Waals surface area contributed by atoms with E-state index in [1.165, 1.54) is 13.8 Å². The van der Waals surface area contributed by atoms with Gasteiger partial charge in [0.25, 0.3) is 0 Å². The minimum absolute atomic E-state index is 0.314. The number of carbonyl (C=O) groups is 1. The van der Waals surface area contributed by atoms with E-state index in [0.29, 0.717) is 12.8 Å². The molecule has 0 radical (unpaired) electrons. The maximum atomic E-state index is 12.3. The van der Waals surface area contributed by atoms with Crippen LogP contribution in [0.3, 0.4) is 0 Å². The van der Waals surface area contributed by atoms with Crippen LogP contribution in [0.15, 0.2) is 0 Å². The summed E-state index contributed by atoms with van der Waals surface area (Å²) in [5, 5.41) is 8.41. The Morgan fingerprint density at radius 1 is 1.25 bits per heavy atom. The zero-order chi connectivity index (χ0) is 12.4. The smallest absolute Gasteiger partial charge is 0.304 e. The molecule has 0 saturated heterocycles. The highest BCUT2D eigenvalue weighted by atomic mass is 32.2. The molecule has 0 aliphatic heterocycles. The molecule has 94 valence electrons. The molecule has 1 fully saturated rings. The van der Waals surface area contributed by atoms with Crippen molar-refractivity contribution in [2.75, 3.05) is 0 Å². The molecule has 0 heterocycles. The number of rotatable bonds is 4. The first-order chi connectivity index (χ1) is 7.27. The van der Waals surface area contributed by atoms with Gasteiger partial charge >= 0.3 is 5.97 Å². The van der Waals surface area contributed by atoms with Crippen molar-refractivity contribution in [3.8, 4) is 0 Å². The number of carboxylic acid groups (broad SMARTS) is 1. The highest BCUT2D eigenvalue weighted by molar-refractivity contribution is 7.93. The van der Waals surface area contributed by atoms with E-state index in [1.54, 1.807) is 0 Å². The summed E-state index contributed by atoms with van der Waals surface area (Å²) in [6.07, 6.45) is 4.02. The van der Waals surface area contributed by atoms with Gasteiger partial charge in [-0.2, -0.15) is 0 Å². The summed E-state index contributed by atoms with van der Waals surface area (Å²) in [6.45, 7) is 3.04. The molecule has 1 aliphatic rings. The molecule has 1 aliphatic carbocycles. The second-order valence-electron chi connectivity index (χ2n) is 5.14. The van der Waals surface area contributed by atoms with E-state index in [9.17, 15) is 13.2 Å². The summed E-state index contributed by atoms with van der Waals surface area (Å²) >= 11 is 0. The monoisotopic (exact) mass is 248 g/mol. The molecule has 16 heavy (non-hydrogen) atoms. The largest absolute Gasteiger partial charge is 0.481 e. The Bertz CT molecular complexity index is 350. The van der Waals surface area contributed by atoms with Crippen LogP contribution in [-0.2, 0) is 14.6 Å². The van der Waals surface area contributed by atoms with Gasteiger partial charge in [-0.05, 0) is 26.7 Å². The highest BCUT2D eigenvalue weighted by Crippen LogP contribution is 2.32. The lowest BCUT2D eigenvalue weighted by Crippen LogP contribution is -2.42. The Labute approximate surface area is 97.0 Å².